The molecule has 4 nitrogen and oxygen atoms in total. The van der Waals surface area contributed by atoms with Gasteiger partial charge in [0.25, 0.3) is 0 Å². The number of nitrogens with one attached hydrogen (secondary N) is 1. The topological polar surface area (TPSA) is 58.6 Å². The van der Waals surface area contributed by atoms with E-state index in [4.69, 9.17) is 16.3 Å². The Morgan fingerprint density at radius 3 is 2.80 bits per heavy atom. The smallest absolute Gasteiger partial charge is 0.178 e. The molecule has 0 saturated carbocycles. The lowest BCUT2D eigenvalue weighted by Crippen LogP contribution is -2.18. The summed E-state index contributed by atoms with van der Waals surface area (Å²) in [6.45, 7) is 0.172. The van der Waals surface area contributed by atoms with E-state index in [2.05, 4.69) is 5.32 Å². The first-order valence-electron chi connectivity index (χ1n) is 4.34. The molecule has 0 unspecified atom stereocenters. The lowest BCUT2D eigenvalue weighted by molar-refractivity contribution is 0.0993. The second-order valence-corrected chi connectivity index (χ2v) is 3.36. The maximum absolute atomic E-state index is 11.5. The van der Waals surface area contributed by atoms with Gasteiger partial charge in [-0.1, -0.05) is 11.6 Å². The number of aromatic hydroxyl groups is 1. The molecule has 0 saturated heterocycles. The van der Waals surface area contributed by atoms with Crippen molar-refractivity contribution in [2.75, 3.05) is 20.7 Å². The summed E-state index contributed by atoms with van der Waals surface area (Å²) >= 11 is 5.87. The van der Waals surface area contributed by atoms with Gasteiger partial charge in [0, 0.05) is 11.6 Å². The molecule has 82 valence electrons. The Morgan fingerprint density at radius 2 is 2.27 bits per heavy atom. The maximum Gasteiger partial charge on any atom is 0.178 e. The van der Waals surface area contributed by atoms with Crippen LogP contribution in [0.15, 0.2) is 12.1 Å². The van der Waals surface area contributed by atoms with Crippen LogP contribution in [0.1, 0.15) is 10.4 Å². The highest BCUT2D eigenvalue weighted by Gasteiger charge is 2.13. The predicted molar refractivity (Wildman–Crippen MR) is 57.9 cm³/mol. The molecule has 0 spiro atoms. The third-order valence-electron chi connectivity index (χ3n) is 1.91. The fourth-order valence-corrected chi connectivity index (χ4v) is 1.44. The van der Waals surface area contributed by atoms with Crippen LogP contribution in [0.4, 0.5) is 0 Å². The van der Waals surface area contributed by atoms with Crippen LogP contribution in [0.25, 0.3) is 0 Å². The number of methoxy groups -OCH3 is 1. The number of benzene rings is 1. The van der Waals surface area contributed by atoms with Crippen LogP contribution in [0.3, 0.4) is 0 Å². The number of phenolic OH excluding ortho intramolecular Hbond substituents is 1. The predicted octanol–water partition coefficient (Wildman–Crippen LogP) is 1.46. The summed E-state index contributed by atoms with van der Waals surface area (Å²) < 4.78 is 4.86. The summed E-state index contributed by atoms with van der Waals surface area (Å²) in [6.07, 6.45) is 0. The van der Waals surface area contributed by atoms with E-state index < -0.39 is 0 Å². The van der Waals surface area contributed by atoms with Crippen molar-refractivity contribution in [1.29, 1.82) is 0 Å². The third-order valence-corrected chi connectivity index (χ3v) is 2.22. The van der Waals surface area contributed by atoms with Crippen LogP contribution in [-0.4, -0.2) is 31.6 Å². The lowest BCUT2D eigenvalue weighted by atomic mass is 10.1. The molecule has 0 atom stereocenters. The highest BCUT2D eigenvalue weighted by molar-refractivity contribution is 6.34. The first-order chi connectivity index (χ1) is 7.10. The average molecular weight is 230 g/mol. The van der Waals surface area contributed by atoms with E-state index >= 15 is 0 Å². The number of ether oxygens (including phenoxy) is 1. The second-order valence-electron chi connectivity index (χ2n) is 2.96. The fraction of sp³-hybridized carbons (Fsp3) is 0.300. The number of hydrogen-bond donors (Lipinski definition) is 2. The van der Waals surface area contributed by atoms with Gasteiger partial charge in [0.05, 0.1) is 18.7 Å². The molecule has 2 N–H and O–H groups in total. The van der Waals surface area contributed by atoms with Crippen LogP contribution in [0.2, 0.25) is 5.02 Å². The van der Waals surface area contributed by atoms with Crippen molar-refractivity contribution in [2.45, 2.75) is 0 Å². The Balaban J connectivity index is 3.10. The SMILES string of the molecule is CNCC(=O)c1cc(O)c(OC)cc1Cl. The van der Waals surface area contributed by atoms with Crippen LogP contribution >= 0.6 is 11.6 Å². The zero-order valence-electron chi connectivity index (χ0n) is 8.50. The molecule has 0 aliphatic heterocycles. The van der Waals surface area contributed by atoms with Crippen molar-refractivity contribution < 1.29 is 14.6 Å². The number of ketones is 1. The van der Waals surface area contributed by atoms with E-state index in [1.54, 1.807) is 7.05 Å². The van der Waals surface area contributed by atoms with Gasteiger partial charge < -0.3 is 15.2 Å². The Morgan fingerprint density at radius 1 is 1.60 bits per heavy atom. The van der Waals surface area contributed by atoms with Gasteiger partial charge >= 0.3 is 0 Å². The summed E-state index contributed by atoms with van der Waals surface area (Å²) in [5.74, 6) is -0.0252. The monoisotopic (exact) mass is 229 g/mol. The molecule has 5 heteroatoms. The average Bonchev–Trinajstić information content (AvgIpc) is 2.21. The van der Waals surface area contributed by atoms with Gasteiger partial charge in [-0.2, -0.15) is 0 Å². The number of hydrogen-bond acceptors (Lipinski definition) is 4. The van der Waals surface area contributed by atoms with Crippen LogP contribution in [-0.2, 0) is 0 Å². The first-order valence-corrected chi connectivity index (χ1v) is 4.72. The van der Waals surface area contributed by atoms with Crippen LogP contribution in [0, 0.1) is 0 Å². The van der Waals surface area contributed by atoms with Crippen molar-refractivity contribution in [3.05, 3.63) is 22.7 Å². The van der Waals surface area contributed by atoms with Gasteiger partial charge in [-0.15, -0.1) is 0 Å². The summed E-state index contributed by atoms with van der Waals surface area (Å²) in [4.78, 5) is 11.5. The van der Waals surface area contributed by atoms with E-state index in [0.29, 0.717) is 0 Å². The first kappa shape index (κ1) is 11.8. The van der Waals surface area contributed by atoms with E-state index in [-0.39, 0.29) is 34.4 Å². The van der Waals surface area contributed by atoms with Crippen molar-refractivity contribution in [3.63, 3.8) is 0 Å². The molecule has 0 fully saturated rings. The fourth-order valence-electron chi connectivity index (χ4n) is 1.18. The number of rotatable bonds is 4. The molecular weight excluding hydrogens is 218 g/mol. The van der Waals surface area contributed by atoms with Gasteiger partial charge in [0.1, 0.15) is 0 Å². The number of halogens is 1. The van der Waals surface area contributed by atoms with Crippen molar-refractivity contribution in [1.82, 2.24) is 5.32 Å². The van der Waals surface area contributed by atoms with Gasteiger partial charge in [-0.3, -0.25) is 4.79 Å². The summed E-state index contributed by atoms with van der Waals surface area (Å²) in [5, 5.41) is 12.5. The zero-order valence-corrected chi connectivity index (χ0v) is 9.26. The number of phenols is 1. The minimum atomic E-state index is -0.180. The Labute approximate surface area is 92.8 Å². The van der Waals surface area contributed by atoms with Crippen molar-refractivity contribution >= 4 is 17.4 Å². The second kappa shape index (κ2) is 5.00. The van der Waals surface area contributed by atoms with E-state index in [9.17, 15) is 9.90 Å². The molecule has 1 aromatic rings. The Hall–Kier alpha value is -1.26. The normalized spacial score (nSPS) is 10.1. The molecule has 0 heterocycles. The molecule has 15 heavy (non-hydrogen) atoms. The lowest BCUT2D eigenvalue weighted by Gasteiger charge is -2.07. The minimum Gasteiger partial charge on any atom is -0.504 e. The molecule has 1 rings (SSSR count). The molecule has 0 aliphatic carbocycles. The Kier molecular flexibility index (Phi) is 3.94. The van der Waals surface area contributed by atoms with Crippen LogP contribution in [0.5, 0.6) is 11.5 Å². The number of likely N-dealkylation sites (N-methyl/N-ethyl adjacent to an activating group) is 1. The number of Topliss-reactive ketones (excluding diaryl/α,β-unsaturated/α-hetero) is 1. The Bertz CT molecular complexity index is 379. The third kappa shape index (κ3) is 2.61. The van der Waals surface area contributed by atoms with Crippen molar-refractivity contribution in [3.8, 4) is 11.5 Å². The van der Waals surface area contributed by atoms with Gasteiger partial charge in [0.2, 0.25) is 0 Å². The standard InChI is InChI=1S/C10H12ClNO3/c1-12-5-9(14)6-3-8(13)10(15-2)4-7(6)11/h3-4,12-13H,5H2,1-2H3. The highest BCUT2D eigenvalue weighted by Crippen LogP contribution is 2.32. The molecule has 1 aromatic carbocycles. The largest absolute Gasteiger partial charge is 0.504 e. The molecule has 0 aromatic heterocycles. The molecule has 0 aliphatic rings. The van der Waals surface area contributed by atoms with Gasteiger partial charge in [-0.05, 0) is 13.1 Å². The summed E-state index contributed by atoms with van der Waals surface area (Å²) in [7, 11) is 3.08. The van der Waals surface area contributed by atoms with E-state index in [0.717, 1.165) is 0 Å². The summed E-state index contributed by atoms with van der Waals surface area (Å²) in [6, 6.07) is 2.72. The quantitative estimate of drug-likeness (QED) is 0.768. The summed E-state index contributed by atoms with van der Waals surface area (Å²) in [5.41, 5.74) is 0.282. The van der Waals surface area contributed by atoms with E-state index in [1.807, 2.05) is 0 Å². The molecule has 0 amide bonds. The number of carbonyl (C=O) groups is 1. The molecule has 0 bridgehead atoms. The van der Waals surface area contributed by atoms with Gasteiger partial charge in [-0.25, -0.2) is 0 Å². The number of carbonyl (C=O) groups excluding carboxylic acids is 1. The zero-order chi connectivity index (χ0) is 11.4. The van der Waals surface area contributed by atoms with E-state index in [1.165, 1.54) is 19.2 Å². The van der Waals surface area contributed by atoms with Gasteiger partial charge in [0.15, 0.2) is 17.3 Å². The molecular formula is C10H12ClNO3. The maximum atomic E-state index is 11.5. The molecule has 0 radical (unpaired) electrons. The van der Waals surface area contributed by atoms with Crippen LogP contribution < -0.4 is 10.1 Å². The minimum absolute atomic E-state index is 0.0960. The van der Waals surface area contributed by atoms with Crippen molar-refractivity contribution in [2.24, 2.45) is 0 Å². The highest BCUT2D eigenvalue weighted by atomic mass is 35.5.